The van der Waals surface area contributed by atoms with Crippen LogP contribution < -0.4 is 18.9 Å². The van der Waals surface area contributed by atoms with E-state index in [2.05, 4.69) is 0 Å². The average Bonchev–Trinajstić information content (AvgIpc) is 2.72. The second kappa shape index (κ2) is 10.0. The molecule has 0 heterocycles. The highest BCUT2D eigenvalue weighted by Gasteiger charge is 2.25. The standard InChI is InChI=1S/C21H28O6/c1-24-17-9-7-14(12-19(17)26-3)16(6-5-11-22)21(23)15-8-10-18(25-2)20(13-15)27-4/h7-10,12-13,16,21-23H,5-6,11H2,1-4H3/t16-,21-/m1/s1. The molecule has 0 aliphatic rings. The van der Waals surface area contributed by atoms with Crippen molar-refractivity contribution < 1.29 is 29.2 Å². The highest BCUT2D eigenvalue weighted by molar-refractivity contribution is 5.46. The molecule has 148 valence electrons. The summed E-state index contributed by atoms with van der Waals surface area (Å²) in [6.45, 7) is 0.0580. The molecule has 0 saturated heterocycles. The number of aliphatic hydroxyl groups excluding tert-OH is 2. The minimum Gasteiger partial charge on any atom is -0.493 e. The van der Waals surface area contributed by atoms with Gasteiger partial charge in [-0.15, -0.1) is 0 Å². The summed E-state index contributed by atoms with van der Waals surface area (Å²) < 4.78 is 21.3. The molecule has 2 rings (SSSR count). The molecule has 0 aliphatic carbocycles. The Labute approximate surface area is 160 Å². The van der Waals surface area contributed by atoms with Crippen molar-refractivity contribution in [3.63, 3.8) is 0 Å². The van der Waals surface area contributed by atoms with Gasteiger partial charge in [-0.1, -0.05) is 12.1 Å². The minimum atomic E-state index is -0.783. The molecule has 2 N–H and O–H groups in total. The Kier molecular flexibility index (Phi) is 7.76. The van der Waals surface area contributed by atoms with Crippen LogP contribution in [0.3, 0.4) is 0 Å². The van der Waals surface area contributed by atoms with Gasteiger partial charge in [-0.25, -0.2) is 0 Å². The third-order valence-corrected chi connectivity index (χ3v) is 4.64. The number of hydrogen-bond donors (Lipinski definition) is 2. The zero-order valence-corrected chi connectivity index (χ0v) is 16.3. The van der Waals surface area contributed by atoms with Crippen LogP contribution in [0.25, 0.3) is 0 Å². The molecule has 0 fully saturated rings. The second-order valence-electron chi connectivity index (χ2n) is 6.15. The molecule has 0 bridgehead atoms. The number of hydrogen-bond acceptors (Lipinski definition) is 6. The quantitative estimate of drug-likeness (QED) is 0.662. The Morgan fingerprint density at radius 2 is 1.22 bits per heavy atom. The van der Waals surface area contributed by atoms with E-state index in [4.69, 9.17) is 18.9 Å². The summed E-state index contributed by atoms with van der Waals surface area (Å²) in [5.41, 5.74) is 1.62. The molecular formula is C21H28O6. The van der Waals surface area contributed by atoms with Crippen molar-refractivity contribution in [3.05, 3.63) is 47.5 Å². The maximum Gasteiger partial charge on any atom is 0.161 e. The molecule has 6 heteroatoms. The summed E-state index contributed by atoms with van der Waals surface area (Å²) >= 11 is 0. The molecule has 2 atom stereocenters. The van der Waals surface area contributed by atoms with Gasteiger partial charge in [0.05, 0.1) is 34.5 Å². The van der Waals surface area contributed by atoms with E-state index in [-0.39, 0.29) is 12.5 Å². The molecule has 0 saturated carbocycles. The van der Waals surface area contributed by atoms with E-state index < -0.39 is 6.10 Å². The maximum atomic E-state index is 11.1. The van der Waals surface area contributed by atoms with Gasteiger partial charge in [0.2, 0.25) is 0 Å². The number of aliphatic hydroxyl groups is 2. The third kappa shape index (κ3) is 4.84. The summed E-state index contributed by atoms with van der Waals surface area (Å²) in [6.07, 6.45) is 0.402. The van der Waals surface area contributed by atoms with E-state index in [0.29, 0.717) is 41.4 Å². The predicted molar refractivity (Wildman–Crippen MR) is 103 cm³/mol. The number of methoxy groups -OCH3 is 4. The predicted octanol–water partition coefficient (Wildman–Crippen LogP) is 3.31. The molecule has 0 radical (unpaired) electrons. The summed E-state index contributed by atoms with van der Waals surface area (Å²) in [5.74, 6) is 2.16. The topological polar surface area (TPSA) is 77.4 Å². The van der Waals surface area contributed by atoms with Crippen LogP contribution in [0.15, 0.2) is 36.4 Å². The Morgan fingerprint density at radius 1 is 0.741 bits per heavy atom. The van der Waals surface area contributed by atoms with Crippen molar-refractivity contribution in [2.24, 2.45) is 0 Å². The van der Waals surface area contributed by atoms with Gasteiger partial charge < -0.3 is 29.2 Å². The molecule has 27 heavy (non-hydrogen) atoms. The molecule has 0 amide bonds. The van der Waals surface area contributed by atoms with Gasteiger partial charge >= 0.3 is 0 Å². The fourth-order valence-electron chi connectivity index (χ4n) is 3.17. The summed E-state index contributed by atoms with van der Waals surface area (Å²) in [4.78, 5) is 0. The summed E-state index contributed by atoms with van der Waals surface area (Å²) in [6, 6.07) is 11.0. The first-order valence-corrected chi connectivity index (χ1v) is 8.82. The SMILES string of the molecule is COc1ccc([C@@H](O)[C@H](CCCO)c2ccc(OC)c(OC)c2)cc1OC. The van der Waals surface area contributed by atoms with Crippen LogP contribution in [-0.2, 0) is 0 Å². The van der Waals surface area contributed by atoms with Gasteiger partial charge in [0.15, 0.2) is 23.0 Å². The van der Waals surface area contributed by atoms with Gasteiger partial charge in [0.25, 0.3) is 0 Å². The van der Waals surface area contributed by atoms with Crippen LogP contribution in [0, 0.1) is 0 Å². The molecule has 0 unspecified atom stereocenters. The molecule has 0 aliphatic heterocycles. The Hall–Kier alpha value is -2.44. The third-order valence-electron chi connectivity index (χ3n) is 4.64. The summed E-state index contributed by atoms with van der Waals surface area (Å²) in [7, 11) is 6.29. The monoisotopic (exact) mass is 376 g/mol. The lowest BCUT2D eigenvalue weighted by molar-refractivity contribution is 0.134. The van der Waals surface area contributed by atoms with Crippen molar-refractivity contribution >= 4 is 0 Å². The Bertz CT molecular complexity index is 731. The zero-order valence-electron chi connectivity index (χ0n) is 16.3. The van der Waals surface area contributed by atoms with Crippen LogP contribution in [-0.4, -0.2) is 45.3 Å². The van der Waals surface area contributed by atoms with E-state index in [1.807, 2.05) is 24.3 Å². The van der Waals surface area contributed by atoms with Crippen LogP contribution in [0.2, 0.25) is 0 Å². The largest absolute Gasteiger partial charge is 0.493 e. The van der Waals surface area contributed by atoms with Gasteiger partial charge in [-0.05, 0) is 48.2 Å². The lowest BCUT2D eigenvalue weighted by Gasteiger charge is -2.25. The fourth-order valence-corrected chi connectivity index (χ4v) is 3.17. The molecular weight excluding hydrogens is 348 g/mol. The van der Waals surface area contributed by atoms with E-state index in [0.717, 1.165) is 5.56 Å². The number of ether oxygens (including phenoxy) is 4. The fraction of sp³-hybridized carbons (Fsp3) is 0.429. The highest BCUT2D eigenvalue weighted by Crippen LogP contribution is 2.40. The van der Waals surface area contributed by atoms with E-state index >= 15 is 0 Å². The lowest BCUT2D eigenvalue weighted by atomic mass is 9.85. The normalized spacial score (nSPS) is 13.0. The van der Waals surface area contributed by atoms with Crippen LogP contribution in [0.4, 0.5) is 0 Å². The molecule has 2 aromatic carbocycles. The first kappa shape index (κ1) is 20.9. The van der Waals surface area contributed by atoms with Crippen LogP contribution in [0.5, 0.6) is 23.0 Å². The maximum absolute atomic E-state index is 11.1. The molecule has 2 aromatic rings. The average molecular weight is 376 g/mol. The smallest absolute Gasteiger partial charge is 0.161 e. The minimum absolute atomic E-state index is 0.0580. The van der Waals surface area contributed by atoms with Crippen molar-refractivity contribution in [1.82, 2.24) is 0 Å². The van der Waals surface area contributed by atoms with Gasteiger partial charge in [-0.2, -0.15) is 0 Å². The first-order valence-electron chi connectivity index (χ1n) is 8.82. The van der Waals surface area contributed by atoms with E-state index in [1.54, 1.807) is 40.6 Å². The van der Waals surface area contributed by atoms with Crippen molar-refractivity contribution in [2.75, 3.05) is 35.0 Å². The first-order chi connectivity index (χ1) is 13.1. The van der Waals surface area contributed by atoms with E-state index in [1.165, 1.54) is 0 Å². The molecule has 0 spiro atoms. The zero-order chi connectivity index (χ0) is 19.8. The number of rotatable bonds is 10. The van der Waals surface area contributed by atoms with Gasteiger partial charge in [0, 0.05) is 12.5 Å². The highest BCUT2D eigenvalue weighted by atomic mass is 16.5. The van der Waals surface area contributed by atoms with Crippen molar-refractivity contribution in [3.8, 4) is 23.0 Å². The van der Waals surface area contributed by atoms with Crippen LogP contribution >= 0.6 is 0 Å². The second-order valence-corrected chi connectivity index (χ2v) is 6.15. The Balaban J connectivity index is 2.40. The Morgan fingerprint density at radius 3 is 1.70 bits per heavy atom. The van der Waals surface area contributed by atoms with Crippen molar-refractivity contribution in [1.29, 1.82) is 0 Å². The van der Waals surface area contributed by atoms with Crippen LogP contribution in [0.1, 0.15) is 36.0 Å². The number of benzene rings is 2. The van der Waals surface area contributed by atoms with Gasteiger partial charge in [0.1, 0.15) is 0 Å². The molecule has 6 nitrogen and oxygen atoms in total. The van der Waals surface area contributed by atoms with Crippen molar-refractivity contribution in [2.45, 2.75) is 24.9 Å². The molecule has 0 aromatic heterocycles. The lowest BCUT2D eigenvalue weighted by Crippen LogP contribution is -2.12. The van der Waals surface area contributed by atoms with E-state index in [9.17, 15) is 10.2 Å². The van der Waals surface area contributed by atoms with Gasteiger partial charge in [-0.3, -0.25) is 0 Å². The summed E-state index contributed by atoms with van der Waals surface area (Å²) in [5, 5.41) is 20.4.